The third-order valence-corrected chi connectivity index (χ3v) is 9.36. The molecular weight excluding hydrogens is 590 g/mol. The van der Waals surface area contributed by atoms with E-state index < -0.39 is 40.8 Å². The van der Waals surface area contributed by atoms with Gasteiger partial charge in [0, 0.05) is 34.9 Å². The maximum Gasteiger partial charge on any atom is 0.523 e. The van der Waals surface area contributed by atoms with Gasteiger partial charge in [0.05, 0.1) is 26.3 Å². The largest absolute Gasteiger partial charge is 0.523 e. The van der Waals surface area contributed by atoms with Gasteiger partial charge in [0.25, 0.3) is 5.56 Å². The molecule has 46 heavy (non-hydrogen) atoms. The number of imide groups is 1. The Hall–Kier alpha value is -4.12. The van der Waals surface area contributed by atoms with Gasteiger partial charge in [0.1, 0.15) is 24.1 Å². The summed E-state index contributed by atoms with van der Waals surface area (Å²) >= 11 is 0. The molecule has 1 saturated carbocycles. The highest BCUT2D eigenvalue weighted by Gasteiger charge is 2.61. The molecule has 1 aliphatic heterocycles. The Kier molecular flexibility index (Phi) is 11.0. The van der Waals surface area contributed by atoms with Crippen LogP contribution in [0.25, 0.3) is 17.0 Å². The van der Waals surface area contributed by atoms with Crippen molar-refractivity contribution in [1.82, 2.24) is 10.3 Å². The van der Waals surface area contributed by atoms with E-state index in [1.54, 1.807) is 18.2 Å². The van der Waals surface area contributed by atoms with E-state index in [2.05, 4.69) is 23.5 Å². The topological polar surface area (TPSA) is 133 Å². The average molecular weight is 639 g/mol. The summed E-state index contributed by atoms with van der Waals surface area (Å²) in [5.74, 6) is 0.243. The summed E-state index contributed by atoms with van der Waals surface area (Å²) in [6.45, 7) is 13.5. The highest BCUT2D eigenvalue weighted by atomic mass is 16.6. The second-order valence-electron chi connectivity index (χ2n) is 13.3. The van der Waals surface area contributed by atoms with Crippen LogP contribution < -0.4 is 20.3 Å². The number of aromatic nitrogens is 1. The Morgan fingerprint density at radius 2 is 1.83 bits per heavy atom. The van der Waals surface area contributed by atoms with Gasteiger partial charge in [-0.3, -0.25) is 4.79 Å². The zero-order chi connectivity index (χ0) is 33.6. The zero-order valence-corrected chi connectivity index (χ0v) is 27.7. The predicted octanol–water partition coefficient (Wildman–Crippen LogP) is 6.11. The molecule has 4 atom stereocenters. The Bertz CT molecular complexity index is 1530. The fourth-order valence-corrected chi connectivity index (χ4v) is 6.89. The number of amides is 3. The van der Waals surface area contributed by atoms with Gasteiger partial charge in [0.15, 0.2) is 12.1 Å². The number of likely N-dealkylation sites (tertiary alicyclic amines) is 1. The van der Waals surface area contributed by atoms with Gasteiger partial charge in [-0.25, -0.2) is 9.59 Å². The molecule has 3 amide bonds. The molecule has 2 heterocycles. The van der Waals surface area contributed by atoms with Gasteiger partial charge in [-0.1, -0.05) is 51.8 Å². The lowest BCUT2D eigenvalue weighted by Gasteiger charge is -2.37. The second-order valence-corrected chi connectivity index (χ2v) is 13.3. The number of nitrogens with zero attached hydrogens (tertiary/aromatic N) is 1. The van der Waals surface area contributed by atoms with Crippen molar-refractivity contribution in [3.8, 4) is 11.5 Å². The highest BCUT2D eigenvalue weighted by molar-refractivity contribution is 5.90. The van der Waals surface area contributed by atoms with Crippen molar-refractivity contribution in [2.75, 3.05) is 27.4 Å². The lowest BCUT2D eigenvalue weighted by atomic mass is 9.83. The van der Waals surface area contributed by atoms with Crippen LogP contribution in [0.15, 0.2) is 42.2 Å². The summed E-state index contributed by atoms with van der Waals surface area (Å²) in [5, 5.41) is 3.48. The van der Waals surface area contributed by atoms with Crippen molar-refractivity contribution in [2.24, 2.45) is 11.3 Å². The number of alkyl carbamates (subject to hydrolysis) is 1. The van der Waals surface area contributed by atoms with E-state index in [0.29, 0.717) is 40.8 Å². The molecule has 4 rings (SSSR count). The number of fused-ring (bicyclic) bond motifs is 1. The maximum atomic E-state index is 14.7. The number of benzene rings is 1. The first kappa shape index (κ1) is 34.7. The lowest BCUT2D eigenvalue weighted by molar-refractivity contribution is -0.794. The summed E-state index contributed by atoms with van der Waals surface area (Å²) in [5.41, 5.74) is 0.529. The van der Waals surface area contributed by atoms with Crippen molar-refractivity contribution in [2.45, 2.75) is 83.9 Å². The first-order valence-electron chi connectivity index (χ1n) is 16.0. The molecule has 1 unspecified atom stereocenters. The van der Waals surface area contributed by atoms with Crippen LogP contribution in [0.5, 0.6) is 11.5 Å². The molecule has 2 aliphatic rings. The molecule has 250 valence electrons. The van der Waals surface area contributed by atoms with Gasteiger partial charge in [-0.05, 0) is 38.2 Å². The van der Waals surface area contributed by atoms with E-state index in [1.165, 1.54) is 20.3 Å². The van der Waals surface area contributed by atoms with Crippen LogP contribution in [0.1, 0.15) is 71.3 Å². The van der Waals surface area contributed by atoms with Crippen LogP contribution in [0.4, 0.5) is 9.59 Å². The van der Waals surface area contributed by atoms with E-state index >= 15 is 0 Å². The summed E-state index contributed by atoms with van der Waals surface area (Å²) in [7, 11) is 2.79. The molecule has 1 aromatic carbocycles. The summed E-state index contributed by atoms with van der Waals surface area (Å²) in [6.07, 6.45) is 6.73. The smallest absolute Gasteiger partial charge is 0.496 e. The first-order chi connectivity index (χ1) is 21.9. The Morgan fingerprint density at radius 1 is 1.11 bits per heavy atom. The number of hydrogen-bond donors (Lipinski definition) is 2. The minimum absolute atomic E-state index is 0.0300. The molecule has 2 N–H and O–H groups in total. The van der Waals surface area contributed by atoms with E-state index in [0.717, 1.165) is 32.1 Å². The average Bonchev–Trinajstić information content (AvgIpc) is 3.37. The van der Waals surface area contributed by atoms with E-state index in [9.17, 15) is 19.2 Å². The summed E-state index contributed by atoms with van der Waals surface area (Å²) < 4.78 is 22.0. The van der Waals surface area contributed by atoms with Crippen LogP contribution in [0.2, 0.25) is 0 Å². The van der Waals surface area contributed by atoms with Gasteiger partial charge in [-0.2, -0.15) is 9.28 Å². The third kappa shape index (κ3) is 7.30. The fourth-order valence-electron chi connectivity index (χ4n) is 6.89. The molecule has 2 aromatic rings. The number of carbonyl (C=O) groups excluding carboxylic acids is 3. The Labute approximate surface area is 270 Å². The zero-order valence-electron chi connectivity index (χ0n) is 27.7. The number of pyridine rings is 1. The first-order valence-corrected chi connectivity index (χ1v) is 16.0. The van der Waals surface area contributed by atoms with Crippen LogP contribution in [0, 0.1) is 11.3 Å². The van der Waals surface area contributed by atoms with Gasteiger partial charge >= 0.3 is 18.1 Å². The summed E-state index contributed by atoms with van der Waals surface area (Å²) in [6, 6.07) is 3.38. The number of allylic oxidation sites excluding steroid dienone is 1. The number of ether oxygens (including phenoxy) is 4. The SMILES string of the molecule is C=CCC(C)(C)COC(=O)N[C@H](C(=O)[N+]1(C(=O)OC)C[C@H](Oc2cc(=O)[nH]c3cc(OC)c(C=C)cc23)C[C@H]1C)C1CCCCC1. The number of carbonyl (C=O) groups is 3. The number of quaternary nitrogens is 1. The number of H-pyrrole nitrogens is 1. The van der Waals surface area contributed by atoms with E-state index in [1.807, 2.05) is 26.8 Å². The molecule has 1 saturated heterocycles. The number of hydrogen-bond acceptors (Lipinski definition) is 8. The van der Waals surface area contributed by atoms with E-state index in [-0.39, 0.29) is 30.0 Å². The van der Waals surface area contributed by atoms with Gasteiger partial charge < -0.3 is 29.2 Å². The Balaban J connectivity index is 1.66. The monoisotopic (exact) mass is 638 g/mol. The molecule has 11 nitrogen and oxygen atoms in total. The van der Waals surface area contributed by atoms with E-state index in [4.69, 9.17) is 18.9 Å². The van der Waals surface area contributed by atoms with Crippen molar-refractivity contribution in [3.05, 3.63) is 53.4 Å². The third-order valence-electron chi connectivity index (χ3n) is 9.36. The van der Waals surface area contributed by atoms with Crippen molar-refractivity contribution >= 4 is 35.1 Å². The standard InChI is InChI=1S/C35H47N3O8/c1-8-15-35(4,5)21-45-33(41)37-31(24-13-11-10-12-14-24)32(40)38(34(42)44-7)20-25(16-22(38)3)46-29-19-30(39)36-27-18-28(43-6)23(9-2)17-26(27)29/h8-9,17-19,22,24-25,31H,1-2,10-16,20-21H2,3-7H3,(H-,36,37,39,41)/p+1/t22-,25-,31+,38?/m1/s1. The number of aromatic amines is 1. The lowest BCUT2D eigenvalue weighted by Crippen LogP contribution is -2.66. The molecule has 1 aliphatic carbocycles. The second kappa shape index (κ2) is 14.5. The molecule has 1 aromatic heterocycles. The van der Waals surface area contributed by atoms with Gasteiger partial charge in [0.2, 0.25) is 0 Å². The normalized spacial score (nSPS) is 22.5. The van der Waals surface area contributed by atoms with Crippen LogP contribution in [0.3, 0.4) is 0 Å². The van der Waals surface area contributed by atoms with Crippen molar-refractivity contribution in [3.63, 3.8) is 0 Å². The molecule has 0 spiro atoms. The highest BCUT2D eigenvalue weighted by Crippen LogP contribution is 2.38. The van der Waals surface area contributed by atoms with Gasteiger partial charge in [-0.15, -0.1) is 6.58 Å². The van der Waals surface area contributed by atoms with Crippen LogP contribution in [-0.2, 0) is 14.3 Å². The van der Waals surface area contributed by atoms with Crippen molar-refractivity contribution in [1.29, 1.82) is 0 Å². The molecular formula is C35H48N3O8+. The van der Waals surface area contributed by atoms with Crippen LogP contribution >= 0.6 is 0 Å². The molecule has 2 fully saturated rings. The van der Waals surface area contributed by atoms with Crippen LogP contribution in [-0.4, -0.2) is 73.1 Å². The Morgan fingerprint density at radius 3 is 2.46 bits per heavy atom. The fraction of sp³-hybridized carbons (Fsp3) is 0.543. The molecule has 11 heteroatoms. The maximum absolute atomic E-state index is 14.7. The molecule has 0 radical (unpaired) electrons. The number of rotatable bonds is 11. The quantitative estimate of drug-likeness (QED) is 0.223. The minimum Gasteiger partial charge on any atom is -0.496 e. The number of nitrogens with one attached hydrogen (secondary N) is 2. The predicted molar refractivity (Wildman–Crippen MR) is 176 cm³/mol. The van der Waals surface area contributed by atoms with Crippen molar-refractivity contribution < 1.29 is 37.8 Å². The summed E-state index contributed by atoms with van der Waals surface area (Å²) in [4.78, 5) is 56.9. The number of methoxy groups -OCH3 is 2. The minimum atomic E-state index is -0.960. The molecule has 0 bridgehead atoms.